The van der Waals surface area contributed by atoms with Gasteiger partial charge in [-0.3, -0.25) is 14.5 Å². The normalized spacial score (nSPS) is 14.7. The van der Waals surface area contributed by atoms with Crippen LogP contribution in [0.5, 0.6) is 0 Å². The van der Waals surface area contributed by atoms with Crippen molar-refractivity contribution in [2.75, 3.05) is 11.9 Å². The number of hydrogen-bond acceptors (Lipinski definition) is 4. The van der Waals surface area contributed by atoms with Crippen molar-refractivity contribution in [1.82, 2.24) is 4.72 Å². The summed E-state index contributed by atoms with van der Waals surface area (Å²) < 4.78 is 28.0. The molecule has 0 fully saturated rings. The maximum absolute atomic E-state index is 12.7. The Balaban J connectivity index is 1.78. The predicted octanol–water partition coefficient (Wildman–Crippen LogP) is 3.81. The van der Waals surface area contributed by atoms with Crippen LogP contribution >= 0.6 is 0 Å². The molecule has 0 atom stereocenters. The van der Waals surface area contributed by atoms with Crippen molar-refractivity contribution in [3.63, 3.8) is 0 Å². The van der Waals surface area contributed by atoms with E-state index in [9.17, 15) is 13.2 Å². The Bertz CT molecular complexity index is 1010. The number of carbonyl (C=O) groups is 1. The Hall–Kier alpha value is -2.67. The quantitative estimate of drug-likeness (QED) is 0.819. The zero-order valence-electron chi connectivity index (χ0n) is 16.2. The Kier molecular flexibility index (Phi) is 6.14. The van der Waals surface area contributed by atoms with E-state index in [-0.39, 0.29) is 10.8 Å². The Morgan fingerprint density at radius 3 is 2.64 bits per heavy atom. The summed E-state index contributed by atoms with van der Waals surface area (Å²) in [6.07, 6.45) is 3.58. The summed E-state index contributed by atoms with van der Waals surface area (Å²) in [6, 6.07) is 11.8. The molecule has 2 N–H and O–H groups in total. The van der Waals surface area contributed by atoms with Crippen LogP contribution in [0.15, 0.2) is 52.4 Å². The summed E-state index contributed by atoms with van der Waals surface area (Å²) in [5.74, 6) is 0.235. The number of hydrogen-bond donors (Lipinski definition) is 2. The number of sulfonamides is 1. The molecular weight excluding hydrogens is 374 g/mol. The van der Waals surface area contributed by atoms with Crippen LogP contribution < -0.4 is 10.0 Å². The maximum atomic E-state index is 12.7. The molecule has 0 aliphatic carbocycles. The van der Waals surface area contributed by atoms with Crippen LogP contribution in [0.25, 0.3) is 0 Å². The fourth-order valence-corrected chi connectivity index (χ4v) is 4.24. The summed E-state index contributed by atoms with van der Waals surface area (Å²) in [5, 5.41) is 2.79. The summed E-state index contributed by atoms with van der Waals surface area (Å²) in [7, 11) is -3.75. The van der Waals surface area contributed by atoms with Crippen molar-refractivity contribution < 1.29 is 13.2 Å². The first kappa shape index (κ1) is 20.1. The highest BCUT2D eigenvalue weighted by Crippen LogP contribution is 2.19. The topological polar surface area (TPSA) is 87.6 Å². The highest BCUT2D eigenvalue weighted by atomic mass is 32.2. The fraction of sp³-hybridized carbons (Fsp3) is 0.333. The van der Waals surface area contributed by atoms with E-state index in [1.165, 1.54) is 12.1 Å². The van der Waals surface area contributed by atoms with Crippen molar-refractivity contribution >= 4 is 27.5 Å². The second-order valence-electron chi connectivity index (χ2n) is 6.97. The lowest BCUT2D eigenvalue weighted by atomic mass is 10.0. The largest absolute Gasteiger partial charge is 0.322 e. The van der Waals surface area contributed by atoms with Crippen LogP contribution in [-0.4, -0.2) is 26.7 Å². The molecule has 1 aliphatic heterocycles. The van der Waals surface area contributed by atoms with Crippen LogP contribution in [0, 0.1) is 13.8 Å². The Morgan fingerprint density at radius 1 is 1.04 bits per heavy atom. The van der Waals surface area contributed by atoms with Gasteiger partial charge in [0.15, 0.2) is 0 Å². The standard InChI is InChI=1S/C21H25N3O3S/c1-15-8-6-11-19(16(15)2)21(25)23-17-9-7-10-18(14-17)28(26,27)24-20-12-4-3-5-13-22-20/h6-11,14H,3-5,12-13H2,1-2H3,(H,22,24)(H,23,25). The second kappa shape index (κ2) is 8.56. The molecule has 0 saturated carbocycles. The monoisotopic (exact) mass is 399 g/mol. The number of amidine groups is 1. The molecule has 2 aromatic rings. The van der Waals surface area contributed by atoms with Crippen molar-refractivity contribution in [1.29, 1.82) is 0 Å². The van der Waals surface area contributed by atoms with Gasteiger partial charge in [-0.15, -0.1) is 0 Å². The van der Waals surface area contributed by atoms with Crippen LogP contribution in [0.3, 0.4) is 0 Å². The number of nitrogens with zero attached hydrogens (tertiary/aromatic N) is 1. The van der Waals surface area contributed by atoms with Gasteiger partial charge in [0, 0.05) is 24.2 Å². The van der Waals surface area contributed by atoms with E-state index in [0.717, 1.165) is 30.4 Å². The van der Waals surface area contributed by atoms with Gasteiger partial charge in [-0.1, -0.05) is 24.6 Å². The Morgan fingerprint density at radius 2 is 1.82 bits per heavy atom. The highest BCUT2D eigenvalue weighted by Gasteiger charge is 2.18. The fourth-order valence-electron chi connectivity index (χ4n) is 3.11. The zero-order chi connectivity index (χ0) is 20.1. The molecule has 6 nitrogen and oxygen atoms in total. The van der Waals surface area contributed by atoms with E-state index in [0.29, 0.717) is 30.1 Å². The first-order valence-corrected chi connectivity index (χ1v) is 10.9. The lowest BCUT2D eigenvalue weighted by Gasteiger charge is -2.12. The van der Waals surface area contributed by atoms with Gasteiger partial charge in [0.2, 0.25) is 0 Å². The van der Waals surface area contributed by atoms with E-state index in [2.05, 4.69) is 15.0 Å². The average Bonchev–Trinajstić information content (AvgIpc) is 2.92. The number of amides is 1. The van der Waals surface area contributed by atoms with Gasteiger partial charge in [-0.25, -0.2) is 8.42 Å². The number of rotatable bonds is 4. The molecule has 3 rings (SSSR count). The molecular formula is C21H25N3O3S. The molecule has 0 unspecified atom stereocenters. The predicted molar refractivity (Wildman–Crippen MR) is 111 cm³/mol. The minimum atomic E-state index is -3.75. The van der Waals surface area contributed by atoms with Gasteiger partial charge in [0.25, 0.3) is 15.9 Å². The summed E-state index contributed by atoms with van der Waals surface area (Å²) >= 11 is 0. The maximum Gasteiger partial charge on any atom is 0.262 e. The molecule has 0 saturated heterocycles. The highest BCUT2D eigenvalue weighted by molar-refractivity contribution is 7.90. The molecule has 1 heterocycles. The van der Waals surface area contributed by atoms with Crippen molar-refractivity contribution in [3.05, 3.63) is 59.2 Å². The number of nitrogens with one attached hydrogen (secondary N) is 2. The van der Waals surface area contributed by atoms with Gasteiger partial charge >= 0.3 is 0 Å². The molecule has 28 heavy (non-hydrogen) atoms. The number of carbonyl (C=O) groups excluding carboxylic acids is 1. The third-order valence-electron chi connectivity index (χ3n) is 4.88. The summed E-state index contributed by atoms with van der Waals surface area (Å²) in [5.41, 5.74) is 2.92. The van der Waals surface area contributed by atoms with Crippen LogP contribution in [0.4, 0.5) is 5.69 Å². The molecule has 7 heteroatoms. The molecule has 0 radical (unpaired) electrons. The third-order valence-corrected chi connectivity index (χ3v) is 6.26. The van der Waals surface area contributed by atoms with Gasteiger partial charge in [0.05, 0.1) is 4.90 Å². The minimum absolute atomic E-state index is 0.0956. The van der Waals surface area contributed by atoms with E-state index < -0.39 is 10.0 Å². The molecule has 0 bridgehead atoms. The minimum Gasteiger partial charge on any atom is -0.322 e. The molecule has 1 aliphatic rings. The van der Waals surface area contributed by atoms with Crippen LogP contribution in [-0.2, 0) is 10.0 Å². The first-order valence-electron chi connectivity index (χ1n) is 9.40. The number of aliphatic imine (C=N–C) groups is 1. The molecule has 1 amide bonds. The first-order chi connectivity index (χ1) is 13.4. The number of anilines is 1. The third kappa shape index (κ3) is 4.78. The SMILES string of the molecule is Cc1cccc(C(=O)Nc2cccc(S(=O)(=O)NC3=NCCCCC3)c2)c1C. The smallest absolute Gasteiger partial charge is 0.262 e. The molecule has 0 spiro atoms. The van der Waals surface area contributed by atoms with Crippen molar-refractivity contribution in [3.8, 4) is 0 Å². The number of benzene rings is 2. The van der Waals surface area contributed by atoms with Gasteiger partial charge in [-0.2, -0.15) is 0 Å². The molecule has 2 aromatic carbocycles. The Labute approximate surface area is 166 Å². The number of aryl methyl sites for hydroxylation is 1. The van der Waals surface area contributed by atoms with Gasteiger partial charge in [-0.05, 0) is 62.1 Å². The van der Waals surface area contributed by atoms with E-state index in [1.807, 2.05) is 26.0 Å². The lowest BCUT2D eigenvalue weighted by Crippen LogP contribution is -2.30. The average molecular weight is 400 g/mol. The van der Waals surface area contributed by atoms with Gasteiger partial charge < -0.3 is 5.32 Å². The van der Waals surface area contributed by atoms with E-state index in [4.69, 9.17) is 0 Å². The van der Waals surface area contributed by atoms with E-state index >= 15 is 0 Å². The van der Waals surface area contributed by atoms with Crippen LogP contribution in [0.2, 0.25) is 0 Å². The second-order valence-corrected chi connectivity index (χ2v) is 8.66. The molecule has 148 valence electrons. The van der Waals surface area contributed by atoms with Crippen molar-refractivity contribution in [2.45, 2.75) is 44.4 Å². The lowest BCUT2D eigenvalue weighted by molar-refractivity contribution is 0.102. The zero-order valence-corrected chi connectivity index (χ0v) is 17.0. The van der Waals surface area contributed by atoms with E-state index in [1.54, 1.807) is 18.2 Å². The van der Waals surface area contributed by atoms with Crippen molar-refractivity contribution in [2.24, 2.45) is 4.99 Å². The van der Waals surface area contributed by atoms with Gasteiger partial charge in [0.1, 0.15) is 5.84 Å². The van der Waals surface area contributed by atoms with Crippen LogP contribution in [0.1, 0.15) is 47.2 Å². The summed E-state index contributed by atoms with van der Waals surface area (Å²) in [4.78, 5) is 17.0. The summed E-state index contributed by atoms with van der Waals surface area (Å²) in [6.45, 7) is 4.48. The molecule has 0 aromatic heterocycles.